The van der Waals surface area contributed by atoms with E-state index in [4.69, 9.17) is 24.4 Å². The Labute approximate surface area is 102 Å². The summed E-state index contributed by atoms with van der Waals surface area (Å²) < 4.78 is 15.1. The van der Waals surface area contributed by atoms with Gasteiger partial charge in [0.15, 0.2) is 0 Å². The van der Waals surface area contributed by atoms with Crippen LogP contribution in [0.25, 0.3) is 0 Å². The minimum atomic E-state index is -0.140. The number of aliphatic hydroxyl groups excluding tert-OH is 2. The van der Waals surface area contributed by atoms with Gasteiger partial charge in [-0.25, -0.2) is 0 Å². The molecule has 1 aliphatic carbocycles. The summed E-state index contributed by atoms with van der Waals surface area (Å²) in [5.74, 6) is 0. The van der Waals surface area contributed by atoms with Gasteiger partial charge in [-0.3, -0.25) is 0 Å². The Kier molecular flexibility index (Phi) is 5.18. The average Bonchev–Trinajstić information content (AvgIpc) is 3.16. The lowest BCUT2D eigenvalue weighted by molar-refractivity contribution is 0.0541. The number of hydrogen-bond acceptors (Lipinski definition) is 5. The van der Waals surface area contributed by atoms with Crippen molar-refractivity contribution in [3.05, 3.63) is 0 Å². The molecular formula is C12H22O5. The summed E-state index contributed by atoms with van der Waals surface area (Å²) in [5.41, 5.74) is 0. The van der Waals surface area contributed by atoms with Gasteiger partial charge in [-0.1, -0.05) is 0 Å². The SMILES string of the molecule is C(OCC1CO1)C1CO1.OC1CCC(O)CC1. The van der Waals surface area contributed by atoms with Crippen molar-refractivity contribution in [3.63, 3.8) is 0 Å². The molecule has 0 radical (unpaired) electrons. The van der Waals surface area contributed by atoms with Crippen molar-refractivity contribution in [2.45, 2.75) is 50.1 Å². The third-order valence-electron chi connectivity index (χ3n) is 3.08. The van der Waals surface area contributed by atoms with Crippen LogP contribution in [0.1, 0.15) is 25.7 Å². The first-order chi connectivity index (χ1) is 8.24. The van der Waals surface area contributed by atoms with E-state index in [0.717, 1.165) is 52.1 Å². The lowest BCUT2D eigenvalue weighted by atomic mass is 9.95. The second-order valence-corrected chi connectivity index (χ2v) is 4.91. The zero-order valence-electron chi connectivity index (χ0n) is 10.1. The molecule has 2 N–H and O–H groups in total. The normalized spacial score (nSPS) is 39.2. The van der Waals surface area contributed by atoms with E-state index < -0.39 is 0 Å². The topological polar surface area (TPSA) is 74.8 Å². The molecule has 2 atom stereocenters. The average molecular weight is 246 g/mol. The van der Waals surface area contributed by atoms with Crippen LogP contribution in [0.4, 0.5) is 0 Å². The number of aliphatic hydroxyl groups is 2. The van der Waals surface area contributed by atoms with E-state index in [1.807, 2.05) is 0 Å². The highest BCUT2D eigenvalue weighted by Crippen LogP contribution is 2.17. The smallest absolute Gasteiger partial charge is 0.104 e. The van der Waals surface area contributed by atoms with Gasteiger partial charge in [0, 0.05) is 0 Å². The highest BCUT2D eigenvalue weighted by Gasteiger charge is 2.26. The second-order valence-electron chi connectivity index (χ2n) is 4.91. The fourth-order valence-electron chi connectivity index (χ4n) is 1.72. The molecule has 2 heterocycles. The Bertz CT molecular complexity index is 185. The number of rotatable bonds is 4. The van der Waals surface area contributed by atoms with E-state index in [2.05, 4.69) is 0 Å². The van der Waals surface area contributed by atoms with Crippen molar-refractivity contribution in [3.8, 4) is 0 Å². The van der Waals surface area contributed by atoms with Crippen molar-refractivity contribution in [1.82, 2.24) is 0 Å². The minimum Gasteiger partial charge on any atom is -0.393 e. The van der Waals surface area contributed by atoms with E-state index in [-0.39, 0.29) is 12.2 Å². The fourth-order valence-corrected chi connectivity index (χ4v) is 1.72. The van der Waals surface area contributed by atoms with Crippen LogP contribution in [0.3, 0.4) is 0 Å². The molecule has 1 saturated carbocycles. The molecule has 2 saturated heterocycles. The Morgan fingerprint density at radius 1 is 0.824 bits per heavy atom. The molecule has 3 aliphatic rings. The number of hydrogen-bond donors (Lipinski definition) is 2. The molecule has 0 aromatic carbocycles. The van der Waals surface area contributed by atoms with Crippen molar-refractivity contribution in [2.75, 3.05) is 26.4 Å². The van der Waals surface area contributed by atoms with Gasteiger partial charge in [-0.15, -0.1) is 0 Å². The molecule has 0 spiro atoms. The second kappa shape index (κ2) is 6.66. The molecule has 0 amide bonds. The van der Waals surface area contributed by atoms with E-state index in [9.17, 15) is 0 Å². The summed E-state index contributed by atoms with van der Waals surface area (Å²) in [6.07, 6.45) is 3.62. The molecular weight excluding hydrogens is 224 g/mol. The van der Waals surface area contributed by atoms with Crippen LogP contribution in [-0.2, 0) is 14.2 Å². The van der Waals surface area contributed by atoms with Crippen LogP contribution >= 0.6 is 0 Å². The Balaban J connectivity index is 0.000000128. The minimum absolute atomic E-state index is 0.140. The third kappa shape index (κ3) is 6.33. The number of epoxide rings is 2. The lowest BCUT2D eigenvalue weighted by Gasteiger charge is -2.20. The molecule has 5 heteroatoms. The zero-order valence-corrected chi connectivity index (χ0v) is 10.1. The predicted octanol–water partition coefficient (Wildman–Crippen LogP) is 0.0828. The van der Waals surface area contributed by atoms with Crippen LogP contribution in [0.2, 0.25) is 0 Å². The largest absolute Gasteiger partial charge is 0.393 e. The molecule has 0 aromatic rings. The number of ether oxygens (including phenoxy) is 3. The van der Waals surface area contributed by atoms with E-state index in [0.29, 0.717) is 12.2 Å². The van der Waals surface area contributed by atoms with E-state index in [1.165, 1.54) is 0 Å². The molecule has 17 heavy (non-hydrogen) atoms. The summed E-state index contributed by atoms with van der Waals surface area (Å²) in [6, 6.07) is 0. The van der Waals surface area contributed by atoms with Gasteiger partial charge < -0.3 is 24.4 Å². The molecule has 2 aliphatic heterocycles. The van der Waals surface area contributed by atoms with Gasteiger partial charge in [-0.05, 0) is 25.7 Å². The molecule has 0 bridgehead atoms. The van der Waals surface area contributed by atoms with Crippen molar-refractivity contribution < 1.29 is 24.4 Å². The van der Waals surface area contributed by atoms with Gasteiger partial charge in [0.2, 0.25) is 0 Å². The quantitative estimate of drug-likeness (QED) is 0.687. The van der Waals surface area contributed by atoms with Crippen LogP contribution < -0.4 is 0 Å². The monoisotopic (exact) mass is 246 g/mol. The molecule has 5 nitrogen and oxygen atoms in total. The van der Waals surface area contributed by atoms with Gasteiger partial charge in [0.25, 0.3) is 0 Å². The lowest BCUT2D eigenvalue weighted by Crippen LogP contribution is -2.21. The zero-order chi connectivity index (χ0) is 12.1. The van der Waals surface area contributed by atoms with Gasteiger partial charge in [0.1, 0.15) is 12.2 Å². The van der Waals surface area contributed by atoms with Crippen LogP contribution in [0.5, 0.6) is 0 Å². The fraction of sp³-hybridized carbons (Fsp3) is 1.00. The molecule has 0 aromatic heterocycles. The first kappa shape index (κ1) is 13.2. The predicted molar refractivity (Wildman–Crippen MR) is 60.8 cm³/mol. The van der Waals surface area contributed by atoms with Crippen molar-refractivity contribution in [1.29, 1.82) is 0 Å². The molecule has 3 fully saturated rings. The highest BCUT2D eigenvalue weighted by molar-refractivity contribution is 4.71. The Hall–Kier alpha value is -0.200. The first-order valence-electron chi connectivity index (χ1n) is 6.41. The standard InChI is InChI=1S/C6H10O3.C6H12O2/c1(5-3-8-5)7-2-6-4-9-6;7-5-1-2-6(8)4-3-5/h5-6H,1-4H2;5-8H,1-4H2. The maximum absolute atomic E-state index is 8.92. The van der Waals surface area contributed by atoms with E-state index >= 15 is 0 Å². The maximum atomic E-state index is 8.92. The van der Waals surface area contributed by atoms with Crippen LogP contribution in [-0.4, -0.2) is 61.1 Å². The van der Waals surface area contributed by atoms with Gasteiger partial charge in [-0.2, -0.15) is 0 Å². The Morgan fingerprint density at radius 2 is 1.18 bits per heavy atom. The summed E-state index contributed by atoms with van der Waals surface area (Å²) in [7, 11) is 0. The summed E-state index contributed by atoms with van der Waals surface area (Å²) in [6.45, 7) is 3.26. The first-order valence-corrected chi connectivity index (χ1v) is 6.41. The Morgan fingerprint density at radius 3 is 1.47 bits per heavy atom. The van der Waals surface area contributed by atoms with E-state index in [1.54, 1.807) is 0 Å². The molecule has 2 unspecified atom stereocenters. The van der Waals surface area contributed by atoms with Crippen molar-refractivity contribution >= 4 is 0 Å². The van der Waals surface area contributed by atoms with Crippen LogP contribution in [0, 0.1) is 0 Å². The summed E-state index contributed by atoms with van der Waals surface area (Å²) in [4.78, 5) is 0. The van der Waals surface area contributed by atoms with Gasteiger partial charge in [0.05, 0.1) is 38.6 Å². The summed E-state index contributed by atoms with van der Waals surface area (Å²) >= 11 is 0. The molecule has 100 valence electrons. The van der Waals surface area contributed by atoms with Crippen LogP contribution in [0.15, 0.2) is 0 Å². The summed E-state index contributed by atoms with van der Waals surface area (Å²) in [5, 5.41) is 17.8. The molecule has 3 rings (SSSR count). The van der Waals surface area contributed by atoms with Gasteiger partial charge >= 0.3 is 0 Å². The highest BCUT2D eigenvalue weighted by atomic mass is 16.6. The van der Waals surface area contributed by atoms with Crippen molar-refractivity contribution in [2.24, 2.45) is 0 Å². The third-order valence-corrected chi connectivity index (χ3v) is 3.08. The maximum Gasteiger partial charge on any atom is 0.104 e.